The highest BCUT2D eigenvalue weighted by Crippen LogP contribution is 2.22. The van der Waals surface area contributed by atoms with Gasteiger partial charge in [-0.25, -0.2) is 13.1 Å². The Bertz CT molecular complexity index is 701. The Morgan fingerprint density at radius 2 is 1.86 bits per heavy atom. The normalized spacial score (nSPS) is 13.1. The van der Waals surface area contributed by atoms with Crippen molar-refractivity contribution in [2.75, 3.05) is 7.11 Å². The lowest BCUT2D eigenvalue weighted by atomic mass is 10.1. The second kappa shape index (κ2) is 5.87. The number of nitrogens with zero attached hydrogens (tertiary/aromatic N) is 1. The number of nitrogens with one attached hydrogen (secondary N) is 2. The van der Waals surface area contributed by atoms with Gasteiger partial charge in [0.2, 0.25) is 10.0 Å². The Morgan fingerprint density at radius 1 is 1.24 bits per heavy atom. The summed E-state index contributed by atoms with van der Waals surface area (Å²) >= 11 is 0. The van der Waals surface area contributed by atoms with Gasteiger partial charge in [0.1, 0.15) is 5.75 Å². The van der Waals surface area contributed by atoms with Crippen LogP contribution in [0.3, 0.4) is 0 Å². The van der Waals surface area contributed by atoms with Crippen LogP contribution >= 0.6 is 0 Å². The van der Waals surface area contributed by atoms with Gasteiger partial charge in [-0.2, -0.15) is 5.10 Å². The molecule has 0 aliphatic rings. The minimum absolute atomic E-state index is 0.203. The molecule has 0 aliphatic heterocycles. The van der Waals surface area contributed by atoms with Crippen molar-refractivity contribution in [2.24, 2.45) is 0 Å². The summed E-state index contributed by atoms with van der Waals surface area (Å²) in [5, 5.41) is 6.94. The van der Waals surface area contributed by atoms with Crippen LogP contribution in [0.15, 0.2) is 29.2 Å². The molecule has 0 saturated heterocycles. The van der Waals surface area contributed by atoms with Crippen LogP contribution in [-0.4, -0.2) is 25.7 Å². The smallest absolute Gasteiger partial charge is 0.241 e. The lowest BCUT2D eigenvalue weighted by Crippen LogP contribution is -2.27. The van der Waals surface area contributed by atoms with Crippen LogP contribution in [0.25, 0.3) is 0 Å². The number of methoxy groups -OCH3 is 1. The average molecular weight is 309 g/mol. The highest BCUT2D eigenvalue weighted by molar-refractivity contribution is 7.89. The number of rotatable bonds is 5. The lowest BCUT2D eigenvalue weighted by Gasteiger charge is -2.15. The fraction of sp³-hybridized carbons (Fsp3) is 0.357. The molecular weight excluding hydrogens is 290 g/mol. The van der Waals surface area contributed by atoms with Gasteiger partial charge >= 0.3 is 0 Å². The van der Waals surface area contributed by atoms with E-state index in [9.17, 15) is 8.42 Å². The molecular formula is C14H19N3O3S. The second-order valence-electron chi connectivity index (χ2n) is 4.87. The van der Waals surface area contributed by atoms with Gasteiger partial charge in [-0.1, -0.05) is 0 Å². The molecule has 6 nitrogen and oxygen atoms in total. The fourth-order valence-corrected chi connectivity index (χ4v) is 3.53. The summed E-state index contributed by atoms with van der Waals surface area (Å²) in [4.78, 5) is 0.203. The molecule has 1 atom stereocenters. The lowest BCUT2D eigenvalue weighted by molar-refractivity contribution is 0.414. The molecule has 1 aromatic heterocycles. The summed E-state index contributed by atoms with van der Waals surface area (Å²) in [5.74, 6) is 0.614. The van der Waals surface area contributed by atoms with Gasteiger partial charge < -0.3 is 4.74 Å². The van der Waals surface area contributed by atoms with Crippen LogP contribution in [0.1, 0.15) is 29.9 Å². The van der Waals surface area contributed by atoms with E-state index in [0.29, 0.717) is 5.75 Å². The minimum atomic E-state index is -3.59. The number of sulfonamides is 1. The van der Waals surface area contributed by atoms with Crippen LogP contribution in [-0.2, 0) is 10.0 Å². The van der Waals surface area contributed by atoms with E-state index in [-0.39, 0.29) is 10.9 Å². The van der Waals surface area contributed by atoms with Crippen molar-refractivity contribution in [1.29, 1.82) is 0 Å². The Morgan fingerprint density at radius 3 is 2.33 bits per heavy atom. The summed E-state index contributed by atoms with van der Waals surface area (Å²) in [6, 6.07) is 5.91. The summed E-state index contributed by atoms with van der Waals surface area (Å²) in [6.45, 7) is 5.51. The van der Waals surface area contributed by atoms with Crippen molar-refractivity contribution in [3.05, 3.63) is 41.2 Å². The SMILES string of the molecule is COc1ccc(S(=O)(=O)NC(C)c2c(C)n[nH]c2C)cc1. The number of ether oxygens (including phenoxy) is 1. The highest BCUT2D eigenvalue weighted by Gasteiger charge is 2.21. The van der Waals surface area contributed by atoms with E-state index in [2.05, 4.69) is 14.9 Å². The zero-order valence-corrected chi connectivity index (χ0v) is 13.3. The van der Waals surface area contributed by atoms with Gasteiger partial charge in [-0.3, -0.25) is 5.10 Å². The van der Waals surface area contributed by atoms with Crippen molar-refractivity contribution < 1.29 is 13.2 Å². The molecule has 0 spiro atoms. The quantitative estimate of drug-likeness (QED) is 0.885. The van der Waals surface area contributed by atoms with E-state index in [4.69, 9.17) is 4.74 Å². The molecule has 1 unspecified atom stereocenters. The molecule has 0 radical (unpaired) electrons. The summed E-state index contributed by atoms with van der Waals surface area (Å²) in [5.41, 5.74) is 2.52. The first kappa shape index (κ1) is 15.5. The highest BCUT2D eigenvalue weighted by atomic mass is 32.2. The third-order valence-electron chi connectivity index (χ3n) is 3.32. The Labute approximate surface area is 124 Å². The zero-order valence-electron chi connectivity index (χ0n) is 12.5. The third kappa shape index (κ3) is 3.25. The Hall–Kier alpha value is -1.86. The first-order chi connectivity index (χ1) is 9.85. The zero-order chi connectivity index (χ0) is 15.6. The average Bonchev–Trinajstić information content (AvgIpc) is 2.77. The topological polar surface area (TPSA) is 84.1 Å². The first-order valence-electron chi connectivity index (χ1n) is 6.53. The van der Waals surface area contributed by atoms with Gasteiger partial charge in [0.25, 0.3) is 0 Å². The maximum Gasteiger partial charge on any atom is 0.241 e. The Balaban J connectivity index is 2.24. The summed E-state index contributed by atoms with van der Waals surface area (Å²) in [6.07, 6.45) is 0. The molecule has 2 N–H and O–H groups in total. The molecule has 0 bridgehead atoms. The molecule has 0 amide bonds. The van der Waals surface area contributed by atoms with E-state index < -0.39 is 10.0 Å². The fourth-order valence-electron chi connectivity index (χ4n) is 2.31. The van der Waals surface area contributed by atoms with E-state index >= 15 is 0 Å². The molecule has 0 aliphatic carbocycles. The van der Waals surface area contributed by atoms with Crippen molar-refractivity contribution >= 4 is 10.0 Å². The van der Waals surface area contributed by atoms with Gasteiger partial charge in [0.15, 0.2) is 0 Å². The maximum absolute atomic E-state index is 12.4. The van der Waals surface area contributed by atoms with Crippen LogP contribution < -0.4 is 9.46 Å². The van der Waals surface area contributed by atoms with Crippen LogP contribution in [0.2, 0.25) is 0 Å². The van der Waals surface area contributed by atoms with E-state index in [1.165, 1.54) is 19.2 Å². The van der Waals surface area contributed by atoms with E-state index in [1.54, 1.807) is 19.1 Å². The summed E-state index contributed by atoms with van der Waals surface area (Å²) < 4.78 is 32.4. The number of aromatic amines is 1. The van der Waals surface area contributed by atoms with Crippen molar-refractivity contribution in [1.82, 2.24) is 14.9 Å². The Kier molecular flexibility index (Phi) is 4.34. The monoisotopic (exact) mass is 309 g/mol. The maximum atomic E-state index is 12.4. The van der Waals surface area contributed by atoms with Gasteiger partial charge in [0.05, 0.1) is 17.7 Å². The molecule has 1 aromatic carbocycles. The number of hydrogen-bond donors (Lipinski definition) is 2. The molecule has 2 aromatic rings. The molecule has 0 saturated carbocycles. The number of benzene rings is 1. The molecule has 21 heavy (non-hydrogen) atoms. The second-order valence-corrected chi connectivity index (χ2v) is 6.58. The van der Waals surface area contributed by atoms with E-state index in [0.717, 1.165) is 17.0 Å². The van der Waals surface area contributed by atoms with Crippen molar-refractivity contribution in [2.45, 2.75) is 31.7 Å². The van der Waals surface area contributed by atoms with Crippen molar-refractivity contribution in [3.63, 3.8) is 0 Å². The number of aryl methyl sites for hydroxylation is 2. The van der Waals surface area contributed by atoms with Gasteiger partial charge in [-0.05, 0) is 45.0 Å². The molecule has 1 heterocycles. The first-order valence-corrected chi connectivity index (χ1v) is 8.01. The molecule has 2 rings (SSSR count). The van der Waals surface area contributed by atoms with Gasteiger partial charge in [0, 0.05) is 17.3 Å². The van der Waals surface area contributed by atoms with Crippen LogP contribution in [0.5, 0.6) is 5.75 Å². The number of aromatic nitrogens is 2. The van der Waals surface area contributed by atoms with Crippen molar-refractivity contribution in [3.8, 4) is 5.75 Å². The number of H-pyrrole nitrogens is 1. The third-order valence-corrected chi connectivity index (χ3v) is 4.88. The van der Waals surface area contributed by atoms with E-state index in [1.807, 2.05) is 13.8 Å². The molecule has 7 heteroatoms. The molecule has 114 valence electrons. The molecule has 0 fully saturated rings. The predicted molar refractivity (Wildman–Crippen MR) is 79.8 cm³/mol. The number of hydrogen-bond acceptors (Lipinski definition) is 4. The summed E-state index contributed by atoms with van der Waals surface area (Å²) in [7, 11) is -2.06. The minimum Gasteiger partial charge on any atom is -0.497 e. The largest absolute Gasteiger partial charge is 0.497 e. The predicted octanol–water partition coefficient (Wildman–Crippen LogP) is 2.07. The van der Waals surface area contributed by atoms with Crippen LogP contribution in [0.4, 0.5) is 0 Å². The van der Waals surface area contributed by atoms with Crippen LogP contribution in [0, 0.1) is 13.8 Å². The standard InChI is InChI=1S/C14H19N3O3S/c1-9-14(10(2)16-15-9)11(3)17-21(18,19)13-7-5-12(20-4)6-8-13/h5-8,11,17H,1-4H3,(H,15,16). The van der Waals surface area contributed by atoms with Gasteiger partial charge in [-0.15, -0.1) is 0 Å².